The summed E-state index contributed by atoms with van der Waals surface area (Å²) >= 11 is 7.33. The minimum atomic E-state index is -0.496. The standard InChI is InChI=1S/C30H23ClN2O3S/c1-3-36-30(35)27-24(19-12-14-21(31)15-13-19)17-37-29(27)33-28(34)23-16-26(20-10-8-18(2)9-11-20)32-25-7-5-4-6-22(23)25/h4-17H,3H2,1-2H3,(H,33,34). The predicted octanol–water partition coefficient (Wildman–Crippen LogP) is 8.02. The van der Waals surface area contributed by atoms with E-state index in [0.29, 0.717) is 37.9 Å². The summed E-state index contributed by atoms with van der Waals surface area (Å²) in [6.07, 6.45) is 0. The van der Waals surface area contributed by atoms with E-state index in [1.54, 1.807) is 25.1 Å². The van der Waals surface area contributed by atoms with Crippen LogP contribution >= 0.6 is 22.9 Å². The zero-order valence-electron chi connectivity index (χ0n) is 20.2. The number of aromatic nitrogens is 1. The average Bonchev–Trinajstić information content (AvgIpc) is 3.32. The second kappa shape index (κ2) is 10.5. The van der Waals surface area contributed by atoms with Crippen molar-refractivity contribution in [3.05, 3.63) is 106 Å². The first-order valence-electron chi connectivity index (χ1n) is 11.8. The Bertz CT molecular complexity index is 1610. The second-order valence-electron chi connectivity index (χ2n) is 8.47. The number of hydrogen-bond donors (Lipinski definition) is 1. The number of carbonyl (C=O) groups is 2. The molecule has 1 N–H and O–H groups in total. The molecule has 5 aromatic rings. The van der Waals surface area contributed by atoms with Gasteiger partial charge in [-0.2, -0.15) is 0 Å². The molecule has 2 heterocycles. The van der Waals surface area contributed by atoms with Crippen molar-refractivity contribution in [1.29, 1.82) is 0 Å². The third kappa shape index (κ3) is 5.12. The Labute approximate surface area is 223 Å². The lowest BCUT2D eigenvalue weighted by Crippen LogP contribution is -2.15. The number of para-hydroxylation sites is 1. The molecule has 37 heavy (non-hydrogen) atoms. The minimum Gasteiger partial charge on any atom is -0.462 e. The number of halogens is 1. The van der Waals surface area contributed by atoms with Crippen molar-refractivity contribution in [3.8, 4) is 22.4 Å². The van der Waals surface area contributed by atoms with Gasteiger partial charge in [-0.05, 0) is 43.7 Å². The third-order valence-corrected chi connectivity index (χ3v) is 7.11. The molecule has 2 aromatic heterocycles. The summed E-state index contributed by atoms with van der Waals surface area (Å²) in [6.45, 7) is 3.99. The fourth-order valence-electron chi connectivity index (χ4n) is 4.10. The third-order valence-electron chi connectivity index (χ3n) is 5.96. The Balaban J connectivity index is 1.57. The number of nitrogens with zero attached hydrogens (tertiary/aromatic N) is 1. The SMILES string of the molecule is CCOC(=O)c1c(-c2ccc(Cl)cc2)csc1NC(=O)c1cc(-c2ccc(C)cc2)nc2ccccc12. The summed E-state index contributed by atoms with van der Waals surface area (Å²) in [5, 5.41) is 6.56. The van der Waals surface area contributed by atoms with Crippen LogP contribution in [0.2, 0.25) is 5.02 Å². The molecule has 0 aliphatic rings. The van der Waals surface area contributed by atoms with Crippen LogP contribution in [0.1, 0.15) is 33.2 Å². The maximum atomic E-state index is 13.7. The number of anilines is 1. The Hall–Kier alpha value is -4.00. The Morgan fingerprint density at radius 3 is 2.41 bits per heavy atom. The molecule has 184 valence electrons. The first-order valence-corrected chi connectivity index (χ1v) is 13.0. The summed E-state index contributed by atoms with van der Waals surface area (Å²) in [4.78, 5) is 31.5. The van der Waals surface area contributed by atoms with Crippen molar-refractivity contribution in [3.63, 3.8) is 0 Å². The van der Waals surface area contributed by atoms with E-state index in [4.69, 9.17) is 21.3 Å². The number of aryl methyl sites for hydroxylation is 1. The van der Waals surface area contributed by atoms with Crippen LogP contribution in [0.25, 0.3) is 33.3 Å². The highest BCUT2D eigenvalue weighted by atomic mass is 35.5. The average molecular weight is 527 g/mol. The molecule has 0 bridgehead atoms. The number of esters is 1. The van der Waals surface area contributed by atoms with Crippen LogP contribution < -0.4 is 5.32 Å². The van der Waals surface area contributed by atoms with Gasteiger partial charge in [-0.3, -0.25) is 4.79 Å². The van der Waals surface area contributed by atoms with Crippen LogP contribution in [-0.4, -0.2) is 23.5 Å². The van der Waals surface area contributed by atoms with Crippen molar-refractivity contribution in [2.45, 2.75) is 13.8 Å². The molecule has 0 unspecified atom stereocenters. The van der Waals surface area contributed by atoms with Crippen LogP contribution in [0.15, 0.2) is 84.2 Å². The first kappa shape index (κ1) is 24.7. The van der Waals surface area contributed by atoms with E-state index in [9.17, 15) is 9.59 Å². The van der Waals surface area contributed by atoms with E-state index < -0.39 is 5.97 Å². The zero-order valence-corrected chi connectivity index (χ0v) is 21.8. The topological polar surface area (TPSA) is 68.3 Å². The molecule has 0 aliphatic carbocycles. The van der Waals surface area contributed by atoms with Crippen molar-refractivity contribution >= 4 is 50.7 Å². The number of amides is 1. The summed E-state index contributed by atoms with van der Waals surface area (Å²) in [5.74, 6) is -0.828. The van der Waals surface area contributed by atoms with E-state index in [0.717, 1.165) is 22.1 Å². The van der Waals surface area contributed by atoms with Gasteiger partial charge >= 0.3 is 5.97 Å². The first-order chi connectivity index (χ1) is 17.9. The lowest BCUT2D eigenvalue weighted by Gasteiger charge is -2.12. The highest BCUT2D eigenvalue weighted by Gasteiger charge is 2.24. The fourth-order valence-corrected chi connectivity index (χ4v) is 5.18. The van der Waals surface area contributed by atoms with Gasteiger partial charge in [0.1, 0.15) is 10.6 Å². The summed E-state index contributed by atoms with van der Waals surface area (Å²) in [6, 6.07) is 24.5. The van der Waals surface area contributed by atoms with Crippen molar-refractivity contribution < 1.29 is 14.3 Å². The van der Waals surface area contributed by atoms with Gasteiger partial charge in [0.05, 0.1) is 23.4 Å². The number of hydrogen-bond acceptors (Lipinski definition) is 5. The number of carbonyl (C=O) groups excluding carboxylic acids is 2. The zero-order chi connectivity index (χ0) is 25.9. The molecule has 0 atom stereocenters. The Morgan fingerprint density at radius 2 is 1.68 bits per heavy atom. The highest BCUT2D eigenvalue weighted by molar-refractivity contribution is 7.15. The fraction of sp³-hybridized carbons (Fsp3) is 0.100. The van der Waals surface area contributed by atoms with Gasteiger partial charge in [0.25, 0.3) is 5.91 Å². The molecule has 0 fully saturated rings. The van der Waals surface area contributed by atoms with Gasteiger partial charge in [0.15, 0.2) is 0 Å². The Morgan fingerprint density at radius 1 is 0.973 bits per heavy atom. The molecular formula is C30H23ClN2O3S. The van der Waals surface area contributed by atoms with Gasteiger partial charge in [-0.1, -0.05) is 71.8 Å². The molecule has 1 amide bonds. The summed E-state index contributed by atoms with van der Waals surface area (Å²) in [5.41, 5.74) is 5.74. The highest BCUT2D eigenvalue weighted by Crippen LogP contribution is 2.37. The van der Waals surface area contributed by atoms with E-state index in [-0.39, 0.29) is 12.5 Å². The largest absolute Gasteiger partial charge is 0.462 e. The molecule has 0 radical (unpaired) electrons. The van der Waals surface area contributed by atoms with Crippen LogP contribution in [0.5, 0.6) is 0 Å². The maximum Gasteiger partial charge on any atom is 0.341 e. The van der Waals surface area contributed by atoms with Gasteiger partial charge in [-0.15, -0.1) is 11.3 Å². The molecule has 3 aromatic carbocycles. The van der Waals surface area contributed by atoms with Gasteiger partial charge < -0.3 is 10.1 Å². The van der Waals surface area contributed by atoms with E-state index in [1.165, 1.54) is 11.3 Å². The normalized spacial score (nSPS) is 10.9. The lowest BCUT2D eigenvalue weighted by atomic mass is 10.0. The number of thiophene rings is 1. The molecule has 0 saturated heterocycles. The number of fused-ring (bicyclic) bond motifs is 1. The second-order valence-corrected chi connectivity index (χ2v) is 9.79. The smallest absolute Gasteiger partial charge is 0.341 e. The molecule has 0 saturated carbocycles. The lowest BCUT2D eigenvalue weighted by molar-refractivity contribution is 0.0529. The number of nitrogens with one attached hydrogen (secondary N) is 1. The van der Waals surface area contributed by atoms with E-state index in [2.05, 4.69) is 5.32 Å². The minimum absolute atomic E-state index is 0.219. The van der Waals surface area contributed by atoms with Crippen molar-refractivity contribution in [2.75, 3.05) is 11.9 Å². The number of ether oxygens (including phenoxy) is 1. The van der Waals surface area contributed by atoms with Crippen LogP contribution in [-0.2, 0) is 4.74 Å². The summed E-state index contributed by atoms with van der Waals surface area (Å²) in [7, 11) is 0. The maximum absolute atomic E-state index is 13.7. The van der Waals surface area contributed by atoms with E-state index >= 15 is 0 Å². The number of rotatable bonds is 6. The number of pyridine rings is 1. The summed E-state index contributed by atoms with van der Waals surface area (Å²) < 4.78 is 5.34. The van der Waals surface area contributed by atoms with Crippen LogP contribution in [0.3, 0.4) is 0 Å². The monoisotopic (exact) mass is 526 g/mol. The molecule has 0 spiro atoms. The Kier molecular flexibility index (Phi) is 7.04. The van der Waals surface area contributed by atoms with Gasteiger partial charge in [0, 0.05) is 26.9 Å². The van der Waals surface area contributed by atoms with Gasteiger partial charge in [-0.25, -0.2) is 9.78 Å². The molecule has 0 aliphatic heterocycles. The predicted molar refractivity (Wildman–Crippen MR) is 151 cm³/mol. The number of benzene rings is 3. The van der Waals surface area contributed by atoms with Crippen molar-refractivity contribution in [1.82, 2.24) is 4.98 Å². The van der Waals surface area contributed by atoms with E-state index in [1.807, 2.05) is 73.0 Å². The quantitative estimate of drug-likeness (QED) is 0.227. The molecular weight excluding hydrogens is 504 g/mol. The molecule has 5 nitrogen and oxygen atoms in total. The van der Waals surface area contributed by atoms with Gasteiger partial charge in [0.2, 0.25) is 0 Å². The molecule has 5 rings (SSSR count). The molecule has 7 heteroatoms. The van der Waals surface area contributed by atoms with Crippen LogP contribution in [0, 0.1) is 6.92 Å². The van der Waals surface area contributed by atoms with Crippen LogP contribution in [0.4, 0.5) is 5.00 Å². The van der Waals surface area contributed by atoms with Crippen molar-refractivity contribution in [2.24, 2.45) is 0 Å².